The first kappa shape index (κ1) is 47.2. The van der Waals surface area contributed by atoms with E-state index in [9.17, 15) is 19.4 Å². The van der Waals surface area contributed by atoms with Crippen molar-refractivity contribution in [1.82, 2.24) is 5.32 Å². The normalized spacial score (nSPS) is 14.7. The third kappa shape index (κ3) is 33.7. The van der Waals surface area contributed by atoms with Crippen molar-refractivity contribution in [3.05, 3.63) is 12.2 Å². The van der Waals surface area contributed by atoms with Crippen LogP contribution in [0.5, 0.6) is 0 Å². The predicted octanol–water partition coefficient (Wildman–Crippen LogP) is 10.4. The molecular weight excluding hydrogens is 623 g/mol. The van der Waals surface area contributed by atoms with Crippen LogP contribution in [0, 0.1) is 0 Å². The maximum absolute atomic E-state index is 12.7. The summed E-state index contributed by atoms with van der Waals surface area (Å²) in [5.41, 5.74) is 0. The van der Waals surface area contributed by atoms with Crippen LogP contribution in [0.1, 0.15) is 181 Å². The van der Waals surface area contributed by atoms with Gasteiger partial charge in [0.25, 0.3) is 0 Å². The van der Waals surface area contributed by atoms with E-state index in [1.54, 1.807) is 6.08 Å². The molecular formula is C39H80N2O6P+. The number of carbonyl (C=O) groups excluding carboxylic acids is 1. The minimum absolute atomic E-state index is 0.0632. The SMILES string of the molecule is CCCCC/C=C/C(O)C(COP(=O)(O)OCC[N+](C)(C)C)NC(=O)CCCCCCCCCCCCCCCCCCCCCCC. The third-order valence-electron chi connectivity index (χ3n) is 9.01. The van der Waals surface area contributed by atoms with Crippen LogP contribution in [0.25, 0.3) is 0 Å². The molecule has 0 saturated carbocycles. The van der Waals surface area contributed by atoms with E-state index in [1.807, 2.05) is 27.2 Å². The van der Waals surface area contributed by atoms with E-state index in [0.29, 0.717) is 17.4 Å². The van der Waals surface area contributed by atoms with Gasteiger partial charge in [-0.3, -0.25) is 13.8 Å². The average Bonchev–Trinajstić information content (AvgIpc) is 3.02. The van der Waals surface area contributed by atoms with Crippen LogP contribution >= 0.6 is 7.82 Å². The Hall–Kier alpha value is -0.760. The molecule has 0 rings (SSSR count). The van der Waals surface area contributed by atoms with Crippen molar-refractivity contribution in [2.45, 2.75) is 193 Å². The number of nitrogens with one attached hydrogen (secondary N) is 1. The van der Waals surface area contributed by atoms with Crippen molar-refractivity contribution in [2.75, 3.05) is 40.9 Å². The Morgan fingerprint density at radius 3 is 1.54 bits per heavy atom. The molecule has 0 saturated heterocycles. The number of phosphoric ester groups is 1. The van der Waals surface area contributed by atoms with Gasteiger partial charge in [0.15, 0.2) is 0 Å². The largest absolute Gasteiger partial charge is 0.472 e. The summed E-state index contributed by atoms with van der Waals surface area (Å²) in [6.45, 7) is 4.71. The molecule has 0 fully saturated rings. The van der Waals surface area contributed by atoms with Crippen LogP contribution < -0.4 is 5.32 Å². The Kier molecular flexibility index (Phi) is 31.7. The van der Waals surface area contributed by atoms with Gasteiger partial charge in [0.05, 0.1) is 39.9 Å². The fourth-order valence-electron chi connectivity index (χ4n) is 5.75. The molecule has 8 nitrogen and oxygen atoms in total. The molecule has 0 aromatic carbocycles. The molecule has 0 heterocycles. The predicted molar refractivity (Wildman–Crippen MR) is 203 cm³/mol. The van der Waals surface area contributed by atoms with Crippen LogP contribution in [0.4, 0.5) is 0 Å². The van der Waals surface area contributed by atoms with E-state index >= 15 is 0 Å². The number of unbranched alkanes of at least 4 members (excludes halogenated alkanes) is 23. The van der Waals surface area contributed by atoms with Gasteiger partial charge in [-0.15, -0.1) is 0 Å². The van der Waals surface area contributed by atoms with Crippen molar-refractivity contribution in [3.8, 4) is 0 Å². The van der Waals surface area contributed by atoms with Gasteiger partial charge in [-0.25, -0.2) is 4.57 Å². The number of rotatable bonds is 36. The third-order valence-corrected chi connectivity index (χ3v) is 9.99. The minimum atomic E-state index is -4.31. The topological polar surface area (TPSA) is 105 Å². The number of hydrogen-bond acceptors (Lipinski definition) is 5. The molecule has 0 aromatic heterocycles. The highest BCUT2D eigenvalue weighted by molar-refractivity contribution is 7.47. The Morgan fingerprint density at radius 1 is 0.688 bits per heavy atom. The highest BCUT2D eigenvalue weighted by Crippen LogP contribution is 2.43. The van der Waals surface area contributed by atoms with E-state index in [-0.39, 0.29) is 19.1 Å². The molecule has 286 valence electrons. The highest BCUT2D eigenvalue weighted by Gasteiger charge is 2.27. The maximum Gasteiger partial charge on any atom is 0.472 e. The summed E-state index contributed by atoms with van der Waals surface area (Å²) in [6.07, 6.45) is 34.7. The number of quaternary nitrogens is 1. The molecule has 3 unspecified atom stereocenters. The van der Waals surface area contributed by atoms with E-state index in [2.05, 4.69) is 19.2 Å². The molecule has 0 aliphatic carbocycles. The molecule has 1 amide bonds. The van der Waals surface area contributed by atoms with E-state index in [0.717, 1.165) is 44.9 Å². The second-order valence-corrected chi connectivity index (χ2v) is 16.5. The van der Waals surface area contributed by atoms with Gasteiger partial charge >= 0.3 is 7.82 Å². The molecule has 48 heavy (non-hydrogen) atoms. The van der Waals surface area contributed by atoms with E-state index < -0.39 is 20.0 Å². The van der Waals surface area contributed by atoms with Crippen LogP contribution in [0.2, 0.25) is 0 Å². The maximum atomic E-state index is 12.7. The number of hydrogen-bond donors (Lipinski definition) is 3. The first-order chi connectivity index (χ1) is 23.0. The summed E-state index contributed by atoms with van der Waals surface area (Å²) in [5, 5.41) is 13.6. The van der Waals surface area contributed by atoms with Crippen molar-refractivity contribution >= 4 is 13.7 Å². The number of allylic oxidation sites excluding steroid dienone is 1. The number of aliphatic hydroxyl groups excluding tert-OH is 1. The summed E-state index contributed by atoms with van der Waals surface area (Å²) in [7, 11) is 1.57. The van der Waals surface area contributed by atoms with Crippen molar-refractivity contribution in [2.24, 2.45) is 0 Å². The molecule has 0 aliphatic heterocycles. The number of carbonyl (C=O) groups is 1. The van der Waals surface area contributed by atoms with Crippen molar-refractivity contribution < 1.29 is 32.9 Å². The van der Waals surface area contributed by atoms with Crippen LogP contribution in [0.3, 0.4) is 0 Å². The highest BCUT2D eigenvalue weighted by atomic mass is 31.2. The molecule has 0 radical (unpaired) electrons. The molecule has 0 spiro atoms. The molecule has 9 heteroatoms. The monoisotopic (exact) mass is 704 g/mol. The molecule has 0 aliphatic rings. The number of amides is 1. The standard InChI is InChI=1S/C39H79N2O6P/c1-6-8-10-12-13-14-15-16-17-18-19-20-21-22-23-24-25-26-27-29-31-33-39(43)40-37(38(42)32-30-28-11-9-7-2)36-47-48(44,45)46-35-34-41(3,4)5/h30,32,37-38,42H,6-29,31,33-36H2,1-5H3,(H-,40,43,44,45)/p+1/b32-30+. The number of aliphatic hydroxyl groups is 1. The minimum Gasteiger partial charge on any atom is -0.387 e. The van der Waals surface area contributed by atoms with E-state index in [4.69, 9.17) is 9.05 Å². The lowest BCUT2D eigenvalue weighted by atomic mass is 10.0. The summed E-state index contributed by atoms with van der Waals surface area (Å²) in [4.78, 5) is 22.8. The van der Waals surface area contributed by atoms with Gasteiger partial charge in [-0.2, -0.15) is 0 Å². The zero-order chi connectivity index (χ0) is 35.8. The quantitative estimate of drug-likeness (QED) is 0.0260. The Labute approximate surface area is 297 Å². The Morgan fingerprint density at radius 2 is 1.10 bits per heavy atom. The zero-order valence-electron chi connectivity index (χ0n) is 32.2. The Balaban J connectivity index is 4.08. The fraction of sp³-hybridized carbons (Fsp3) is 0.923. The second kappa shape index (κ2) is 32.2. The molecule has 0 aromatic rings. The van der Waals surface area contributed by atoms with E-state index in [1.165, 1.54) is 116 Å². The van der Waals surface area contributed by atoms with Gasteiger partial charge in [0, 0.05) is 6.42 Å². The van der Waals surface area contributed by atoms with Gasteiger partial charge < -0.3 is 19.8 Å². The van der Waals surface area contributed by atoms with Crippen LogP contribution in [0.15, 0.2) is 12.2 Å². The molecule has 3 N–H and O–H groups in total. The lowest BCUT2D eigenvalue weighted by Crippen LogP contribution is -2.45. The number of nitrogens with zero attached hydrogens (tertiary/aromatic N) is 1. The van der Waals surface area contributed by atoms with Crippen molar-refractivity contribution in [3.63, 3.8) is 0 Å². The number of phosphoric acid groups is 1. The first-order valence-electron chi connectivity index (χ1n) is 20.1. The summed E-state index contributed by atoms with van der Waals surface area (Å²) < 4.78 is 23.3. The lowest BCUT2D eigenvalue weighted by Gasteiger charge is -2.25. The van der Waals surface area contributed by atoms with Gasteiger partial charge in [0.1, 0.15) is 13.2 Å². The summed E-state index contributed by atoms with van der Waals surface area (Å²) in [6, 6.07) is -0.836. The van der Waals surface area contributed by atoms with Crippen LogP contribution in [-0.2, 0) is 18.4 Å². The fourth-order valence-corrected chi connectivity index (χ4v) is 6.48. The Bertz CT molecular complexity index is 804. The summed E-state index contributed by atoms with van der Waals surface area (Å²) in [5.74, 6) is -0.182. The van der Waals surface area contributed by atoms with Crippen LogP contribution in [-0.4, -0.2) is 73.4 Å². The van der Waals surface area contributed by atoms with Gasteiger partial charge in [-0.1, -0.05) is 167 Å². The zero-order valence-corrected chi connectivity index (χ0v) is 33.1. The smallest absolute Gasteiger partial charge is 0.387 e. The van der Waals surface area contributed by atoms with Crippen molar-refractivity contribution in [1.29, 1.82) is 0 Å². The first-order valence-corrected chi connectivity index (χ1v) is 21.6. The second-order valence-electron chi connectivity index (χ2n) is 15.0. The average molecular weight is 704 g/mol. The molecule has 0 bridgehead atoms. The molecule has 3 atom stereocenters. The van der Waals surface area contributed by atoms with Gasteiger partial charge in [0.2, 0.25) is 5.91 Å². The van der Waals surface area contributed by atoms with Gasteiger partial charge in [-0.05, 0) is 19.3 Å². The summed E-state index contributed by atoms with van der Waals surface area (Å²) >= 11 is 0. The lowest BCUT2D eigenvalue weighted by molar-refractivity contribution is -0.870. The number of likely N-dealkylation sites (N-methyl/N-ethyl adjacent to an activating group) is 1.